The van der Waals surface area contributed by atoms with Crippen molar-refractivity contribution in [1.82, 2.24) is 9.97 Å². The Balaban J connectivity index is 2.04. The van der Waals surface area contributed by atoms with Gasteiger partial charge in [-0.2, -0.15) is 0 Å². The molecular weight excluding hydrogens is 256 g/mol. The summed E-state index contributed by atoms with van der Waals surface area (Å²) < 4.78 is 10.8. The average Bonchev–Trinajstić information content (AvgIpc) is 2.45. The Morgan fingerprint density at radius 1 is 1.20 bits per heavy atom. The van der Waals surface area contributed by atoms with E-state index >= 15 is 0 Å². The maximum atomic E-state index is 5.68. The molecule has 1 aromatic heterocycles. The number of methoxy groups -OCH3 is 1. The molecule has 3 N–H and O–H groups in total. The predicted molar refractivity (Wildman–Crippen MR) is 76.1 cm³/mol. The Hall–Kier alpha value is -2.18. The van der Waals surface area contributed by atoms with E-state index in [1.165, 1.54) is 0 Å². The molecule has 0 spiro atoms. The first-order valence-corrected chi connectivity index (χ1v) is 6.23. The Morgan fingerprint density at radius 3 is 2.80 bits per heavy atom. The molecule has 0 unspecified atom stereocenters. The molecule has 0 fully saturated rings. The predicted octanol–water partition coefficient (Wildman–Crippen LogP) is 1.80. The van der Waals surface area contributed by atoms with Gasteiger partial charge < -0.3 is 14.9 Å². The van der Waals surface area contributed by atoms with Gasteiger partial charge in [0.25, 0.3) is 0 Å². The Kier molecular flexibility index (Phi) is 4.86. The highest BCUT2D eigenvalue weighted by atomic mass is 16.5. The van der Waals surface area contributed by atoms with Crippen molar-refractivity contribution in [3.8, 4) is 5.75 Å². The molecule has 1 heterocycles. The highest BCUT2D eigenvalue weighted by molar-refractivity contribution is 5.34. The van der Waals surface area contributed by atoms with Gasteiger partial charge in [-0.1, -0.05) is 12.1 Å². The first-order chi connectivity index (χ1) is 9.71. The molecule has 0 saturated heterocycles. The van der Waals surface area contributed by atoms with Crippen LogP contribution < -0.4 is 16.0 Å². The minimum atomic E-state index is 0.285. The number of nitrogens with one attached hydrogen (secondary N) is 1. The number of nitrogen functional groups attached to an aromatic ring is 1. The SMILES string of the molecule is COCc1cccc(OCc2nc(C)cc(NN)n2)c1. The fourth-order valence-corrected chi connectivity index (χ4v) is 1.81. The summed E-state index contributed by atoms with van der Waals surface area (Å²) in [5.74, 6) is 7.26. The molecule has 0 aliphatic heterocycles. The molecule has 0 aliphatic carbocycles. The zero-order chi connectivity index (χ0) is 14.4. The standard InChI is InChI=1S/C14H18N4O2/c1-10-6-13(18-15)17-14(16-10)9-20-12-5-3-4-11(7-12)8-19-2/h3-7H,8-9,15H2,1-2H3,(H,16,17,18). The van der Waals surface area contributed by atoms with E-state index in [1.54, 1.807) is 13.2 Å². The molecule has 0 radical (unpaired) electrons. The summed E-state index contributed by atoms with van der Waals surface area (Å²) in [6.45, 7) is 2.72. The first-order valence-electron chi connectivity index (χ1n) is 6.23. The van der Waals surface area contributed by atoms with Crippen molar-refractivity contribution in [3.63, 3.8) is 0 Å². The number of hydrazine groups is 1. The highest BCUT2D eigenvalue weighted by Crippen LogP contribution is 2.15. The topological polar surface area (TPSA) is 82.3 Å². The van der Waals surface area contributed by atoms with Crippen LogP contribution in [0.1, 0.15) is 17.1 Å². The van der Waals surface area contributed by atoms with Crippen LogP contribution in [-0.2, 0) is 18.0 Å². The van der Waals surface area contributed by atoms with Crippen LogP contribution in [0.25, 0.3) is 0 Å². The van der Waals surface area contributed by atoms with E-state index in [0.717, 1.165) is 17.0 Å². The number of nitrogens with two attached hydrogens (primary N) is 1. The number of benzene rings is 1. The number of aromatic nitrogens is 2. The summed E-state index contributed by atoms with van der Waals surface area (Å²) in [6.07, 6.45) is 0. The number of rotatable bonds is 6. The molecule has 6 heteroatoms. The molecule has 0 aliphatic rings. The number of hydrogen-bond donors (Lipinski definition) is 2. The fraction of sp³-hybridized carbons (Fsp3) is 0.286. The summed E-state index contributed by atoms with van der Waals surface area (Å²) >= 11 is 0. The summed E-state index contributed by atoms with van der Waals surface area (Å²) in [7, 11) is 1.66. The van der Waals surface area contributed by atoms with E-state index in [1.807, 2.05) is 31.2 Å². The van der Waals surface area contributed by atoms with Gasteiger partial charge in [0.05, 0.1) is 6.61 Å². The number of anilines is 1. The van der Waals surface area contributed by atoms with Crippen LogP contribution in [0.15, 0.2) is 30.3 Å². The lowest BCUT2D eigenvalue weighted by molar-refractivity contribution is 0.184. The monoisotopic (exact) mass is 274 g/mol. The highest BCUT2D eigenvalue weighted by Gasteiger charge is 2.03. The van der Waals surface area contributed by atoms with Gasteiger partial charge in [0, 0.05) is 18.9 Å². The lowest BCUT2D eigenvalue weighted by atomic mass is 10.2. The Morgan fingerprint density at radius 2 is 2.05 bits per heavy atom. The maximum Gasteiger partial charge on any atom is 0.168 e. The maximum absolute atomic E-state index is 5.68. The van der Waals surface area contributed by atoms with Crippen molar-refractivity contribution in [1.29, 1.82) is 0 Å². The molecule has 20 heavy (non-hydrogen) atoms. The smallest absolute Gasteiger partial charge is 0.168 e. The number of aryl methyl sites for hydroxylation is 1. The molecule has 0 bridgehead atoms. The molecule has 0 saturated carbocycles. The van der Waals surface area contributed by atoms with Crippen LogP contribution in [0.5, 0.6) is 5.75 Å². The van der Waals surface area contributed by atoms with Crippen LogP contribution in [0.2, 0.25) is 0 Å². The average molecular weight is 274 g/mol. The van der Waals surface area contributed by atoms with E-state index in [9.17, 15) is 0 Å². The molecule has 0 amide bonds. The van der Waals surface area contributed by atoms with Crippen molar-refractivity contribution in [2.24, 2.45) is 5.84 Å². The van der Waals surface area contributed by atoms with Crippen LogP contribution in [0, 0.1) is 6.92 Å². The zero-order valence-corrected chi connectivity index (χ0v) is 11.6. The molecular formula is C14H18N4O2. The number of nitrogens with zero attached hydrogens (tertiary/aromatic N) is 2. The van der Waals surface area contributed by atoms with Gasteiger partial charge in [-0.15, -0.1) is 0 Å². The second kappa shape index (κ2) is 6.83. The van der Waals surface area contributed by atoms with Crippen molar-refractivity contribution < 1.29 is 9.47 Å². The van der Waals surface area contributed by atoms with Crippen LogP contribution in [0.4, 0.5) is 5.82 Å². The van der Waals surface area contributed by atoms with Gasteiger partial charge in [-0.25, -0.2) is 15.8 Å². The van der Waals surface area contributed by atoms with Gasteiger partial charge in [0.1, 0.15) is 18.2 Å². The quantitative estimate of drug-likeness (QED) is 0.617. The van der Waals surface area contributed by atoms with Crippen molar-refractivity contribution in [2.45, 2.75) is 20.1 Å². The van der Waals surface area contributed by atoms with E-state index in [-0.39, 0.29) is 6.61 Å². The third kappa shape index (κ3) is 3.91. The summed E-state index contributed by atoms with van der Waals surface area (Å²) in [5.41, 5.74) is 4.40. The second-order valence-corrected chi connectivity index (χ2v) is 4.32. The third-order valence-corrected chi connectivity index (χ3v) is 2.63. The fourth-order valence-electron chi connectivity index (χ4n) is 1.81. The van der Waals surface area contributed by atoms with Crippen LogP contribution in [-0.4, -0.2) is 17.1 Å². The molecule has 2 rings (SSSR count). The normalized spacial score (nSPS) is 10.3. The second-order valence-electron chi connectivity index (χ2n) is 4.32. The lowest BCUT2D eigenvalue weighted by Gasteiger charge is -2.08. The summed E-state index contributed by atoms with van der Waals surface area (Å²) in [4.78, 5) is 8.53. The van der Waals surface area contributed by atoms with Crippen molar-refractivity contribution in [3.05, 3.63) is 47.4 Å². The van der Waals surface area contributed by atoms with Gasteiger partial charge in [0.15, 0.2) is 5.82 Å². The summed E-state index contributed by atoms with van der Waals surface area (Å²) in [5, 5.41) is 0. The first kappa shape index (κ1) is 14.2. The largest absolute Gasteiger partial charge is 0.486 e. The van der Waals surface area contributed by atoms with Gasteiger partial charge >= 0.3 is 0 Å². The summed E-state index contributed by atoms with van der Waals surface area (Å²) in [6, 6.07) is 9.49. The van der Waals surface area contributed by atoms with Gasteiger partial charge in [-0.05, 0) is 24.6 Å². The lowest BCUT2D eigenvalue weighted by Crippen LogP contribution is -2.12. The molecule has 6 nitrogen and oxygen atoms in total. The molecule has 1 aromatic carbocycles. The zero-order valence-electron chi connectivity index (χ0n) is 11.6. The molecule has 106 valence electrons. The van der Waals surface area contributed by atoms with Gasteiger partial charge in [-0.3, -0.25) is 0 Å². The van der Waals surface area contributed by atoms with Crippen molar-refractivity contribution in [2.75, 3.05) is 12.5 Å². The minimum absolute atomic E-state index is 0.285. The van der Waals surface area contributed by atoms with Crippen molar-refractivity contribution >= 4 is 5.82 Å². The van der Waals surface area contributed by atoms with E-state index in [2.05, 4.69) is 15.4 Å². The molecule has 2 aromatic rings. The van der Waals surface area contributed by atoms with Gasteiger partial charge in [0.2, 0.25) is 0 Å². The number of hydrogen-bond acceptors (Lipinski definition) is 6. The minimum Gasteiger partial charge on any atom is -0.486 e. The van der Waals surface area contributed by atoms with Crippen LogP contribution >= 0.6 is 0 Å². The Labute approximate surface area is 117 Å². The van der Waals surface area contributed by atoms with E-state index in [0.29, 0.717) is 18.2 Å². The van der Waals surface area contributed by atoms with E-state index < -0.39 is 0 Å². The van der Waals surface area contributed by atoms with E-state index in [4.69, 9.17) is 15.3 Å². The van der Waals surface area contributed by atoms with Crippen LogP contribution in [0.3, 0.4) is 0 Å². The molecule has 0 atom stereocenters. The third-order valence-electron chi connectivity index (χ3n) is 2.63. The Bertz CT molecular complexity index is 575. The number of ether oxygens (including phenoxy) is 2.